The van der Waals surface area contributed by atoms with Crippen LogP contribution < -0.4 is 10.6 Å². The number of nitrogens with zero attached hydrogens (tertiary/aromatic N) is 1. The van der Waals surface area contributed by atoms with E-state index in [0.29, 0.717) is 30.5 Å². The fourth-order valence-corrected chi connectivity index (χ4v) is 4.08. The molecule has 36 heavy (non-hydrogen) atoms. The van der Waals surface area contributed by atoms with Crippen molar-refractivity contribution in [2.75, 3.05) is 13.7 Å². The molecule has 198 valence electrons. The van der Waals surface area contributed by atoms with Crippen LogP contribution in [0.5, 0.6) is 0 Å². The van der Waals surface area contributed by atoms with Crippen molar-refractivity contribution in [3.63, 3.8) is 0 Å². The van der Waals surface area contributed by atoms with Crippen molar-refractivity contribution in [3.05, 3.63) is 35.4 Å². The van der Waals surface area contributed by atoms with E-state index in [-0.39, 0.29) is 23.6 Å². The van der Waals surface area contributed by atoms with Crippen molar-refractivity contribution in [2.45, 2.75) is 78.8 Å². The molecule has 0 spiro atoms. The Morgan fingerprint density at radius 2 is 1.44 bits per heavy atom. The number of imide groups is 1. The highest BCUT2D eigenvalue weighted by Gasteiger charge is 2.35. The normalized spacial score (nSPS) is 15.7. The van der Waals surface area contributed by atoms with Crippen LogP contribution in [0.4, 0.5) is 0 Å². The van der Waals surface area contributed by atoms with Gasteiger partial charge in [-0.25, -0.2) is 4.79 Å². The number of ether oxygens (including phenoxy) is 1. The van der Waals surface area contributed by atoms with E-state index in [2.05, 4.69) is 10.6 Å². The Morgan fingerprint density at radius 1 is 0.889 bits per heavy atom. The van der Waals surface area contributed by atoms with E-state index in [0.717, 1.165) is 19.3 Å². The third-order valence-electron chi connectivity index (χ3n) is 6.44. The summed E-state index contributed by atoms with van der Waals surface area (Å²) in [5.41, 5.74) is 0.382. The number of hydrogen-bond acceptors (Lipinski definition) is 6. The van der Waals surface area contributed by atoms with Gasteiger partial charge < -0.3 is 15.4 Å². The van der Waals surface area contributed by atoms with Crippen LogP contribution in [-0.4, -0.2) is 60.2 Å². The van der Waals surface area contributed by atoms with Crippen LogP contribution >= 0.6 is 0 Å². The third kappa shape index (κ3) is 7.38. The molecule has 1 aliphatic heterocycles. The van der Waals surface area contributed by atoms with E-state index in [4.69, 9.17) is 4.74 Å². The van der Waals surface area contributed by atoms with Crippen LogP contribution in [0.1, 0.15) is 87.4 Å². The molecule has 1 aliphatic rings. The highest BCUT2D eigenvalue weighted by Crippen LogP contribution is 2.23. The molecule has 3 atom stereocenters. The monoisotopic (exact) mass is 501 g/mol. The van der Waals surface area contributed by atoms with Crippen LogP contribution in [0.25, 0.3) is 0 Å². The van der Waals surface area contributed by atoms with Gasteiger partial charge in [-0.05, 0) is 37.3 Å². The van der Waals surface area contributed by atoms with E-state index >= 15 is 0 Å². The zero-order valence-corrected chi connectivity index (χ0v) is 22.2. The summed E-state index contributed by atoms with van der Waals surface area (Å²) >= 11 is 0. The second-order valence-electron chi connectivity index (χ2n) is 10.5. The number of nitrogens with one attached hydrogen (secondary N) is 2. The molecule has 0 radical (unpaired) electrons. The maximum atomic E-state index is 12.6. The number of esters is 1. The average Bonchev–Trinajstić information content (AvgIpc) is 3.07. The average molecular weight is 502 g/mol. The Morgan fingerprint density at radius 3 is 1.97 bits per heavy atom. The van der Waals surface area contributed by atoms with Crippen LogP contribution in [0.3, 0.4) is 0 Å². The third-order valence-corrected chi connectivity index (χ3v) is 6.44. The van der Waals surface area contributed by atoms with Gasteiger partial charge in [0.1, 0.15) is 12.1 Å². The first kappa shape index (κ1) is 29.0. The fraction of sp³-hybridized carbons (Fsp3) is 0.593. The molecule has 1 aromatic rings. The summed E-state index contributed by atoms with van der Waals surface area (Å²) in [5, 5.41) is 5.39. The molecule has 1 heterocycles. The van der Waals surface area contributed by atoms with Crippen LogP contribution in [0.15, 0.2) is 24.3 Å². The standard InChI is InChI=1S/C27H39N3O6/c1-17(22(31)28-18(2)23(32)29-21(26(35)36-6)27(3,4)5)13-9-7-8-12-16-30-24(33)19-14-10-11-15-20(19)25(30)34/h10-11,14-15,17-18,21H,7-9,12-13,16H2,1-6H3,(H,28,31)(H,29,32)/t17-,18+,21-/m1/s1. The minimum absolute atomic E-state index is 0.228. The van der Waals surface area contributed by atoms with Gasteiger partial charge in [-0.1, -0.05) is 59.1 Å². The molecule has 0 fully saturated rings. The minimum atomic E-state index is -0.827. The van der Waals surface area contributed by atoms with E-state index in [1.807, 2.05) is 27.7 Å². The van der Waals surface area contributed by atoms with E-state index < -0.39 is 29.4 Å². The molecule has 0 aromatic heterocycles. The van der Waals surface area contributed by atoms with Crippen molar-refractivity contribution in [2.24, 2.45) is 11.3 Å². The zero-order valence-electron chi connectivity index (χ0n) is 22.2. The summed E-state index contributed by atoms with van der Waals surface area (Å²) in [6.45, 7) is 9.23. The number of benzene rings is 1. The van der Waals surface area contributed by atoms with Crippen LogP contribution in [-0.2, 0) is 19.1 Å². The number of hydrogen-bond donors (Lipinski definition) is 2. The van der Waals surface area contributed by atoms with Gasteiger partial charge in [-0.3, -0.25) is 24.1 Å². The maximum absolute atomic E-state index is 12.6. The Balaban J connectivity index is 1.69. The Kier molecular flexibility index (Phi) is 10.2. The van der Waals surface area contributed by atoms with Gasteiger partial charge in [0.05, 0.1) is 18.2 Å². The highest BCUT2D eigenvalue weighted by atomic mass is 16.5. The molecule has 1 aromatic carbocycles. The molecule has 9 heteroatoms. The molecule has 2 rings (SSSR count). The van der Waals surface area contributed by atoms with Crippen molar-refractivity contribution >= 4 is 29.6 Å². The van der Waals surface area contributed by atoms with Gasteiger partial charge in [0, 0.05) is 12.5 Å². The van der Waals surface area contributed by atoms with Crippen LogP contribution in [0, 0.1) is 11.3 Å². The summed E-state index contributed by atoms with van der Waals surface area (Å²) < 4.78 is 4.79. The zero-order chi connectivity index (χ0) is 27.0. The van der Waals surface area contributed by atoms with Gasteiger partial charge in [0.2, 0.25) is 11.8 Å². The number of unbranched alkanes of at least 4 members (excludes halogenated alkanes) is 3. The number of carbonyl (C=O) groups is 5. The molecule has 2 N–H and O–H groups in total. The lowest BCUT2D eigenvalue weighted by Gasteiger charge is -2.30. The molecule has 9 nitrogen and oxygen atoms in total. The largest absolute Gasteiger partial charge is 0.467 e. The first-order valence-corrected chi connectivity index (χ1v) is 12.5. The second-order valence-corrected chi connectivity index (χ2v) is 10.5. The topological polar surface area (TPSA) is 122 Å². The van der Waals surface area contributed by atoms with Gasteiger partial charge in [0.15, 0.2) is 0 Å². The molecular formula is C27H39N3O6. The molecule has 0 unspecified atom stereocenters. The second kappa shape index (κ2) is 12.6. The van der Waals surface area contributed by atoms with Gasteiger partial charge in [-0.15, -0.1) is 0 Å². The molecule has 0 saturated heterocycles. The molecule has 4 amide bonds. The summed E-state index contributed by atoms with van der Waals surface area (Å²) in [6, 6.07) is 5.23. The summed E-state index contributed by atoms with van der Waals surface area (Å²) in [7, 11) is 1.27. The van der Waals surface area contributed by atoms with Crippen LogP contribution in [0.2, 0.25) is 0 Å². The quantitative estimate of drug-likeness (QED) is 0.258. The molecule has 0 aliphatic carbocycles. The smallest absolute Gasteiger partial charge is 0.328 e. The number of rotatable bonds is 12. The lowest BCUT2D eigenvalue weighted by atomic mass is 9.86. The van der Waals surface area contributed by atoms with Crippen molar-refractivity contribution in [3.8, 4) is 0 Å². The summed E-state index contributed by atoms with van der Waals surface area (Å²) in [5.74, 6) is -1.97. The molecular weight excluding hydrogens is 462 g/mol. The number of fused-ring (bicyclic) bond motifs is 1. The lowest BCUT2D eigenvalue weighted by molar-refractivity contribution is -0.148. The van der Waals surface area contributed by atoms with E-state index in [1.165, 1.54) is 12.0 Å². The van der Waals surface area contributed by atoms with Gasteiger partial charge in [0.25, 0.3) is 11.8 Å². The van der Waals surface area contributed by atoms with Crippen molar-refractivity contribution in [1.82, 2.24) is 15.5 Å². The number of methoxy groups -OCH3 is 1. The number of amides is 4. The van der Waals surface area contributed by atoms with Crippen molar-refractivity contribution in [1.29, 1.82) is 0 Å². The van der Waals surface area contributed by atoms with Gasteiger partial charge >= 0.3 is 5.97 Å². The number of carbonyl (C=O) groups excluding carboxylic acids is 5. The Labute approximate surface area is 213 Å². The fourth-order valence-electron chi connectivity index (χ4n) is 4.08. The lowest BCUT2D eigenvalue weighted by Crippen LogP contribution is -2.55. The molecule has 0 bridgehead atoms. The summed E-state index contributed by atoms with van der Waals surface area (Å²) in [6.07, 6.45) is 3.87. The van der Waals surface area contributed by atoms with Crippen molar-refractivity contribution < 1.29 is 28.7 Å². The first-order chi connectivity index (χ1) is 16.9. The summed E-state index contributed by atoms with van der Waals surface area (Å²) in [4.78, 5) is 63.2. The minimum Gasteiger partial charge on any atom is -0.467 e. The maximum Gasteiger partial charge on any atom is 0.328 e. The van der Waals surface area contributed by atoms with Gasteiger partial charge in [-0.2, -0.15) is 0 Å². The predicted octanol–water partition coefficient (Wildman–Crippen LogP) is 3.08. The Bertz CT molecular complexity index is 949. The highest BCUT2D eigenvalue weighted by molar-refractivity contribution is 6.21. The predicted molar refractivity (Wildman–Crippen MR) is 135 cm³/mol. The first-order valence-electron chi connectivity index (χ1n) is 12.5. The Hall–Kier alpha value is -3.23. The van der Waals surface area contributed by atoms with E-state index in [1.54, 1.807) is 31.2 Å². The molecule has 0 saturated carbocycles. The van der Waals surface area contributed by atoms with E-state index in [9.17, 15) is 24.0 Å². The SMILES string of the molecule is COC(=O)[C@@H](NC(=O)[C@H](C)NC(=O)[C@H](C)CCCCCCN1C(=O)c2ccccc2C1=O)C(C)(C)C.